The summed E-state index contributed by atoms with van der Waals surface area (Å²) in [5, 5.41) is 10.9. The third kappa shape index (κ3) is 7.26. The molecule has 0 radical (unpaired) electrons. The maximum Gasteiger partial charge on any atom is 0.393 e. The van der Waals surface area contributed by atoms with E-state index in [0.717, 1.165) is 30.2 Å². The second-order valence-corrected chi connectivity index (χ2v) is 10.5. The lowest BCUT2D eigenvalue weighted by molar-refractivity contribution is -0.169. The molecule has 4 N–H and O–H groups in total. The fourth-order valence-corrected chi connectivity index (χ4v) is 5.53. The average Bonchev–Trinajstić information content (AvgIpc) is 3.40. The Morgan fingerprint density at radius 1 is 1.24 bits per heavy atom. The summed E-state index contributed by atoms with van der Waals surface area (Å²) in [6.45, 7) is 3.34. The molecule has 184 valence electrons. The Kier molecular flexibility index (Phi) is 8.54. The van der Waals surface area contributed by atoms with Gasteiger partial charge in [-0.1, -0.05) is 0 Å². The summed E-state index contributed by atoms with van der Waals surface area (Å²) in [4.78, 5) is 3.40. The van der Waals surface area contributed by atoms with Gasteiger partial charge in [0.05, 0.1) is 5.92 Å². The number of sulfonamides is 1. The predicted octanol–water partition coefficient (Wildman–Crippen LogP) is 3.71. The number of nitrogens with one attached hydrogen (secondary N) is 4. The number of halogens is 4. The van der Waals surface area contributed by atoms with Crippen molar-refractivity contribution >= 4 is 32.2 Å². The van der Waals surface area contributed by atoms with E-state index in [4.69, 9.17) is 0 Å². The molecule has 0 bridgehead atoms. The number of thiazole rings is 1. The minimum Gasteiger partial charge on any atom is -0.385 e. The SMILES string of the molecule is Cc1cc(S(=O)(=O)Nc2nccs2)c(F)cc1NCCCCNC[C@@H]1C[C@H](C(F)(F)F)CN1. The van der Waals surface area contributed by atoms with Gasteiger partial charge in [-0.15, -0.1) is 11.3 Å². The first-order chi connectivity index (χ1) is 15.6. The van der Waals surface area contributed by atoms with E-state index in [1.165, 1.54) is 12.3 Å². The summed E-state index contributed by atoms with van der Waals surface area (Å²) in [5.74, 6) is -2.14. The molecule has 2 aromatic rings. The molecule has 1 aliphatic heterocycles. The van der Waals surface area contributed by atoms with Crippen molar-refractivity contribution in [2.75, 3.05) is 36.2 Å². The van der Waals surface area contributed by atoms with Gasteiger partial charge < -0.3 is 16.0 Å². The van der Waals surface area contributed by atoms with Crippen LogP contribution in [0.1, 0.15) is 24.8 Å². The van der Waals surface area contributed by atoms with Crippen LogP contribution >= 0.6 is 11.3 Å². The van der Waals surface area contributed by atoms with E-state index in [1.54, 1.807) is 12.3 Å². The fourth-order valence-electron chi connectivity index (χ4n) is 3.59. The van der Waals surface area contributed by atoms with Gasteiger partial charge in [-0.05, 0) is 50.4 Å². The summed E-state index contributed by atoms with van der Waals surface area (Å²) in [6.07, 6.45) is -1.07. The molecule has 2 heterocycles. The number of anilines is 2. The summed E-state index contributed by atoms with van der Waals surface area (Å²) in [5.41, 5.74) is 1.09. The van der Waals surface area contributed by atoms with Gasteiger partial charge in [0.25, 0.3) is 10.0 Å². The zero-order valence-electron chi connectivity index (χ0n) is 18.0. The second-order valence-electron chi connectivity index (χ2n) is 7.96. The lowest BCUT2D eigenvalue weighted by Crippen LogP contribution is -2.34. The third-order valence-electron chi connectivity index (χ3n) is 5.39. The molecule has 1 aromatic heterocycles. The van der Waals surface area contributed by atoms with Crippen LogP contribution in [-0.4, -0.2) is 51.8 Å². The maximum absolute atomic E-state index is 14.5. The fraction of sp³-hybridized carbons (Fsp3) is 0.550. The van der Waals surface area contributed by atoms with Crippen molar-refractivity contribution in [3.63, 3.8) is 0 Å². The van der Waals surface area contributed by atoms with Gasteiger partial charge in [0, 0.05) is 42.9 Å². The van der Waals surface area contributed by atoms with E-state index in [9.17, 15) is 26.0 Å². The predicted molar refractivity (Wildman–Crippen MR) is 121 cm³/mol. The molecule has 7 nitrogen and oxygen atoms in total. The highest BCUT2D eigenvalue weighted by Crippen LogP contribution is 2.32. The van der Waals surface area contributed by atoms with Gasteiger partial charge in [0.1, 0.15) is 10.7 Å². The molecule has 1 aromatic carbocycles. The van der Waals surface area contributed by atoms with Crippen LogP contribution in [0.2, 0.25) is 0 Å². The minimum absolute atomic E-state index is 0.0310. The van der Waals surface area contributed by atoms with Crippen molar-refractivity contribution in [2.45, 2.75) is 43.3 Å². The van der Waals surface area contributed by atoms with Gasteiger partial charge in [0.15, 0.2) is 5.13 Å². The van der Waals surface area contributed by atoms with Crippen LogP contribution in [0.5, 0.6) is 0 Å². The first kappa shape index (κ1) is 25.7. The summed E-state index contributed by atoms with van der Waals surface area (Å²) >= 11 is 1.09. The number of hydrogen-bond acceptors (Lipinski definition) is 7. The van der Waals surface area contributed by atoms with Gasteiger partial charge >= 0.3 is 6.18 Å². The Hall–Kier alpha value is -1.96. The number of hydrogen-bond donors (Lipinski definition) is 4. The van der Waals surface area contributed by atoms with Crippen LogP contribution in [0.4, 0.5) is 28.4 Å². The lowest BCUT2D eigenvalue weighted by atomic mass is 10.1. The minimum atomic E-state index is -4.15. The largest absolute Gasteiger partial charge is 0.393 e. The van der Waals surface area contributed by atoms with Crippen LogP contribution in [0.25, 0.3) is 0 Å². The zero-order chi connectivity index (χ0) is 24.1. The van der Waals surface area contributed by atoms with Crippen LogP contribution < -0.4 is 20.7 Å². The van der Waals surface area contributed by atoms with Gasteiger partial charge in [-0.3, -0.25) is 4.72 Å². The number of unbranched alkanes of at least 4 members (excludes halogenated alkanes) is 1. The molecule has 0 amide bonds. The molecule has 1 saturated heterocycles. The number of aromatic nitrogens is 1. The second kappa shape index (κ2) is 11.0. The van der Waals surface area contributed by atoms with Crippen LogP contribution in [0.3, 0.4) is 0 Å². The smallest absolute Gasteiger partial charge is 0.385 e. The molecule has 0 aliphatic carbocycles. The molecule has 13 heteroatoms. The number of rotatable bonds is 11. The van der Waals surface area contributed by atoms with E-state index >= 15 is 0 Å². The number of benzene rings is 1. The Bertz CT molecular complexity index is 1020. The topological polar surface area (TPSA) is 95.2 Å². The standard InChI is InChI=1S/C20H27F4N5O2S2/c1-13-8-18(33(30,31)29-19-27-6-7-32-19)16(21)10-17(13)26-5-3-2-4-25-12-15-9-14(11-28-15)20(22,23)24/h6-8,10,14-15,25-26,28H,2-5,9,11-12H2,1H3,(H,27,29)/t14-,15-/m0/s1. The normalized spacial score (nSPS) is 19.1. The van der Waals surface area contributed by atoms with Crippen LogP contribution in [-0.2, 0) is 10.0 Å². The van der Waals surface area contributed by atoms with Gasteiger partial charge in [-0.2, -0.15) is 13.2 Å². The quantitative estimate of drug-likeness (QED) is 0.273. The van der Waals surface area contributed by atoms with Crippen molar-refractivity contribution in [3.8, 4) is 0 Å². The molecule has 1 aliphatic rings. The van der Waals surface area contributed by atoms with Crippen molar-refractivity contribution in [1.82, 2.24) is 15.6 Å². The third-order valence-corrected chi connectivity index (χ3v) is 7.57. The Morgan fingerprint density at radius 2 is 2.00 bits per heavy atom. The first-order valence-corrected chi connectivity index (χ1v) is 12.9. The molecule has 0 spiro atoms. The molecule has 2 atom stereocenters. The van der Waals surface area contributed by atoms with E-state index in [0.29, 0.717) is 30.9 Å². The van der Waals surface area contributed by atoms with E-state index in [-0.39, 0.29) is 24.1 Å². The first-order valence-electron chi connectivity index (χ1n) is 10.5. The maximum atomic E-state index is 14.5. The van der Waals surface area contributed by atoms with Crippen molar-refractivity contribution in [1.29, 1.82) is 0 Å². The van der Waals surface area contributed by atoms with Gasteiger partial charge in [0.2, 0.25) is 0 Å². The average molecular weight is 510 g/mol. The van der Waals surface area contributed by atoms with E-state index in [1.807, 2.05) is 0 Å². The Balaban J connectivity index is 1.39. The summed E-state index contributed by atoms with van der Waals surface area (Å²) in [7, 11) is -4.09. The van der Waals surface area contributed by atoms with E-state index < -0.39 is 32.8 Å². The Labute approximate surface area is 194 Å². The number of aryl methyl sites for hydroxylation is 1. The molecule has 33 heavy (non-hydrogen) atoms. The molecular formula is C20H27F4N5O2S2. The lowest BCUT2D eigenvalue weighted by Gasteiger charge is -2.14. The molecule has 1 fully saturated rings. The van der Waals surface area contributed by atoms with Crippen molar-refractivity contribution in [2.24, 2.45) is 5.92 Å². The number of alkyl halides is 3. The number of nitrogens with zero attached hydrogens (tertiary/aromatic N) is 1. The van der Waals surface area contributed by atoms with E-state index in [2.05, 4.69) is 25.7 Å². The van der Waals surface area contributed by atoms with Crippen molar-refractivity contribution < 1.29 is 26.0 Å². The highest BCUT2D eigenvalue weighted by Gasteiger charge is 2.43. The molecule has 3 rings (SSSR count). The van der Waals surface area contributed by atoms with Crippen molar-refractivity contribution in [3.05, 3.63) is 35.1 Å². The summed E-state index contributed by atoms with van der Waals surface area (Å²) in [6, 6.07) is 2.26. The van der Waals surface area contributed by atoms with Crippen LogP contribution in [0, 0.1) is 18.7 Å². The van der Waals surface area contributed by atoms with Gasteiger partial charge in [-0.25, -0.2) is 17.8 Å². The molecule has 0 unspecified atom stereocenters. The highest BCUT2D eigenvalue weighted by molar-refractivity contribution is 7.93. The van der Waals surface area contributed by atoms with Crippen LogP contribution in [0.15, 0.2) is 28.6 Å². The monoisotopic (exact) mass is 509 g/mol. The summed E-state index contributed by atoms with van der Waals surface area (Å²) < 4.78 is 79.7. The molecule has 0 saturated carbocycles. The highest BCUT2D eigenvalue weighted by atomic mass is 32.2. The zero-order valence-corrected chi connectivity index (χ0v) is 19.6. The molecular weight excluding hydrogens is 482 g/mol. The Morgan fingerprint density at radius 3 is 2.67 bits per heavy atom.